The number of carbonyl (C=O) groups is 3. The molecule has 1 N–H and O–H groups in total. The van der Waals surface area contributed by atoms with Crippen molar-refractivity contribution < 1.29 is 33.7 Å². The van der Waals surface area contributed by atoms with Gasteiger partial charge in [-0.3, -0.25) is 4.79 Å². The lowest BCUT2D eigenvalue weighted by molar-refractivity contribution is -0.150. The number of ether oxygens (including phenoxy) is 3. The van der Waals surface area contributed by atoms with E-state index < -0.39 is 30.1 Å². The second-order valence-corrected chi connectivity index (χ2v) is 8.11. The summed E-state index contributed by atoms with van der Waals surface area (Å²) >= 11 is 0. The average molecular weight is 404 g/mol. The summed E-state index contributed by atoms with van der Waals surface area (Å²) < 4.78 is 16.8. The van der Waals surface area contributed by atoms with E-state index >= 15 is 0 Å². The molecule has 7 nitrogen and oxygen atoms in total. The Morgan fingerprint density at radius 3 is 2.72 bits per heavy atom. The van der Waals surface area contributed by atoms with Gasteiger partial charge < -0.3 is 19.3 Å². The summed E-state index contributed by atoms with van der Waals surface area (Å²) in [5.74, 6) is -1.78. The third kappa shape index (κ3) is 4.15. The highest BCUT2D eigenvalue weighted by molar-refractivity contribution is 5.91. The molecular weight excluding hydrogens is 376 g/mol. The highest BCUT2D eigenvalue weighted by atomic mass is 16.6. The quantitative estimate of drug-likeness (QED) is 0.324. The van der Waals surface area contributed by atoms with Gasteiger partial charge in [0.05, 0.1) is 19.1 Å². The number of hydrogen-bond donors (Lipinski definition) is 1. The predicted octanol–water partition coefficient (Wildman–Crippen LogP) is 2.10. The first kappa shape index (κ1) is 21.3. The largest absolute Gasteiger partial charge is 0.466 e. The van der Waals surface area contributed by atoms with Gasteiger partial charge in [-0.15, -0.1) is 0 Å². The van der Waals surface area contributed by atoms with Gasteiger partial charge in [0.15, 0.2) is 0 Å². The Labute approximate surface area is 170 Å². The van der Waals surface area contributed by atoms with Gasteiger partial charge in [0, 0.05) is 29.9 Å². The van der Waals surface area contributed by atoms with Gasteiger partial charge in [0.25, 0.3) is 0 Å². The Morgan fingerprint density at radius 1 is 1.34 bits per heavy atom. The molecule has 0 unspecified atom stereocenters. The summed E-state index contributed by atoms with van der Waals surface area (Å²) in [6.07, 6.45) is 3.65. The summed E-state index contributed by atoms with van der Waals surface area (Å²) in [5, 5.41) is 9.05. The van der Waals surface area contributed by atoms with Crippen LogP contribution in [0.3, 0.4) is 0 Å². The maximum Gasteiger partial charge on any atom is 0.334 e. The van der Waals surface area contributed by atoms with Crippen molar-refractivity contribution in [3.63, 3.8) is 0 Å². The third-order valence-electron chi connectivity index (χ3n) is 6.33. The van der Waals surface area contributed by atoms with E-state index in [0.29, 0.717) is 12.0 Å². The normalized spacial score (nSPS) is 33.9. The molecule has 3 aliphatic rings. The van der Waals surface area contributed by atoms with E-state index in [1.165, 1.54) is 13.0 Å². The molecule has 158 valence electrons. The molecule has 2 aliphatic carbocycles. The summed E-state index contributed by atoms with van der Waals surface area (Å²) in [4.78, 5) is 36.2. The lowest BCUT2D eigenvalue weighted by atomic mass is 9.78. The molecule has 0 bridgehead atoms. The summed E-state index contributed by atoms with van der Waals surface area (Å²) in [6, 6.07) is 0. The van der Waals surface area contributed by atoms with Crippen LogP contribution in [0.25, 0.3) is 0 Å². The van der Waals surface area contributed by atoms with E-state index in [0.717, 1.165) is 12.0 Å². The Kier molecular flexibility index (Phi) is 6.27. The van der Waals surface area contributed by atoms with Gasteiger partial charge in [-0.2, -0.15) is 0 Å². The van der Waals surface area contributed by atoms with Crippen molar-refractivity contribution in [1.29, 1.82) is 0 Å². The summed E-state index contributed by atoms with van der Waals surface area (Å²) in [5.41, 5.74) is 1.73. The van der Waals surface area contributed by atoms with Crippen molar-refractivity contribution in [2.24, 2.45) is 23.7 Å². The van der Waals surface area contributed by atoms with Gasteiger partial charge in [-0.1, -0.05) is 18.2 Å². The molecule has 1 heterocycles. The van der Waals surface area contributed by atoms with E-state index in [2.05, 4.69) is 12.7 Å². The Morgan fingerprint density at radius 2 is 2.07 bits per heavy atom. The smallest absolute Gasteiger partial charge is 0.334 e. The van der Waals surface area contributed by atoms with E-state index in [9.17, 15) is 14.4 Å². The van der Waals surface area contributed by atoms with Crippen LogP contribution >= 0.6 is 0 Å². The highest BCUT2D eigenvalue weighted by Crippen LogP contribution is 2.51. The number of carbonyl (C=O) groups excluding carboxylic acids is 3. The first-order chi connectivity index (χ1) is 13.7. The van der Waals surface area contributed by atoms with E-state index in [-0.39, 0.29) is 42.5 Å². The van der Waals surface area contributed by atoms with Gasteiger partial charge >= 0.3 is 17.9 Å². The monoisotopic (exact) mass is 404 g/mol. The van der Waals surface area contributed by atoms with Crippen LogP contribution in [0.5, 0.6) is 0 Å². The molecule has 1 saturated carbocycles. The molecule has 6 atom stereocenters. The fourth-order valence-electron chi connectivity index (χ4n) is 4.88. The van der Waals surface area contributed by atoms with Crippen LogP contribution in [-0.2, 0) is 28.6 Å². The number of aliphatic hydroxyl groups excluding tert-OH is 1. The Balaban J connectivity index is 1.94. The van der Waals surface area contributed by atoms with Crippen molar-refractivity contribution in [3.8, 4) is 0 Å². The number of fused-ring (bicyclic) bond motifs is 3. The fourth-order valence-corrected chi connectivity index (χ4v) is 4.88. The molecule has 1 saturated heterocycles. The summed E-state index contributed by atoms with van der Waals surface area (Å²) in [6.45, 7) is 8.81. The molecule has 7 heteroatoms. The Bertz CT molecular complexity index is 778. The lowest BCUT2D eigenvalue weighted by Crippen LogP contribution is -2.36. The molecule has 0 radical (unpaired) electrons. The molecule has 0 amide bonds. The zero-order valence-electron chi connectivity index (χ0n) is 17.1. The zero-order chi connectivity index (χ0) is 21.3. The molecule has 0 spiro atoms. The first-order valence-electron chi connectivity index (χ1n) is 9.93. The molecule has 1 aliphatic heterocycles. The molecular formula is C22H28O7. The van der Waals surface area contributed by atoms with Crippen molar-refractivity contribution in [2.45, 2.75) is 45.8 Å². The van der Waals surface area contributed by atoms with Crippen LogP contribution in [0.15, 0.2) is 35.5 Å². The molecule has 0 aromatic carbocycles. The minimum atomic E-state index is -0.632. The SMILES string of the molecule is C=C1C(=O)O[C@@H]2[C@H]3C(C)=CC[C@H]3[C@@H](COC(C)=O)C[C@@H](OC(=O)/C(C)=C/CO)[C@@H]12. The molecule has 2 fully saturated rings. The van der Waals surface area contributed by atoms with Crippen LogP contribution in [0, 0.1) is 23.7 Å². The number of rotatable bonds is 5. The van der Waals surface area contributed by atoms with E-state index in [4.69, 9.17) is 19.3 Å². The van der Waals surface area contributed by atoms with Crippen LogP contribution in [-0.4, -0.2) is 48.4 Å². The van der Waals surface area contributed by atoms with Gasteiger partial charge in [0.1, 0.15) is 12.2 Å². The van der Waals surface area contributed by atoms with Crippen molar-refractivity contribution >= 4 is 17.9 Å². The molecule has 29 heavy (non-hydrogen) atoms. The number of esters is 3. The van der Waals surface area contributed by atoms with Crippen LogP contribution in [0.2, 0.25) is 0 Å². The van der Waals surface area contributed by atoms with Crippen LogP contribution in [0.4, 0.5) is 0 Å². The van der Waals surface area contributed by atoms with Gasteiger partial charge in [-0.25, -0.2) is 9.59 Å². The van der Waals surface area contributed by atoms with Crippen LogP contribution in [0.1, 0.15) is 33.6 Å². The Hall–Kier alpha value is -2.41. The third-order valence-corrected chi connectivity index (χ3v) is 6.33. The van der Waals surface area contributed by atoms with Crippen molar-refractivity contribution in [1.82, 2.24) is 0 Å². The van der Waals surface area contributed by atoms with Gasteiger partial charge in [0.2, 0.25) is 0 Å². The lowest BCUT2D eigenvalue weighted by Gasteiger charge is -2.30. The minimum absolute atomic E-state index is 0.0264. The maximum atomic E-state index is 12.5. The predicted molar refractivity (Wildman–Crippen MR) is 103 cm³/mol. The molecule has 0 aromatic heterocycles. The first-order valence-corrected chi connectivity index (χ1v) is 9.93. The summed E-state index contributed by atoms with van der Waals surface area (Å²) in [7, 11) is 0. The van der Waals surface area contributed by atoms with E-state index in [1.807, 2.05) is 6.92 Å². The van der Waals surface area contributed by atoms with Gasteiger partial charge in [-0.05, 0) is 38.7 Å². The van der Waals surface area contributed by atoms with Crippen molar-refractivity contribution in [2.75, 3.05) is 13.2 Å². The molecule has 3 rings (SSSR count). The van der Waals surface area contributed by atoms with Crippen molar-refractivity contribution in [3.05, 3.63) is 35.5 Å². The topological polar surface area (TPSA) is 99.1 Å². The minimum Gasteiger partial charge on any atom is -0.466 e. The highest BCUT2D eigenvalue weighted by Gasteiger charge is 2.56. The van der Waals surface area contributed by atoms with E-state index in [1.54, 1.807) is 6.92 Å². The second-order valence-electron chi connectivity index (χ2n) is 8.11. The average Bonchev–Trinajstić information content (AvgIpc) is 3.13. The van der Waals surface area contributed by atoms with Crippen LogP contribution < -0.4 is 0 Å². The number of aliphatic hydroxyl groups is 1. The zero-order valence-corrected chi connectivity index (χ0v) is 17.1. The standard InChI is InChI=1S/C22H28O7/c1-11-5-6-16-15(10-27-14(4)24)9-17(28-21(25)12(2)7-8-23)19-13(3)22(26)29-20(19)18(11)16/h5,7,15-20,23H,3,6,8-10H2,1-2,4H3/b12-7+/t15-,16+,17-,18+,19-,20-/m1/s1. The fraction of sp³-hybridized carbons (Fsp3) is 0.591. The maximum absolute atomic E-state index is 12.5. The number of allylic oxidation sites excluding steroid dienone is 1. The number of hydrogen-bond acceptors (Lipinski definition) is 7. The second kappa shape index (κ2) is 8.53. The molecule has 0 aromatic rings.